The van der Waals surface area contributed by atoms with Gasteiger partial charge >= 0.3 is 0 Å². The van der Waals surface area contributed by atoms with Crippen LogP contribution in [0.25, 0.3) is 0 Å². The first-order valence-electron chi connectivity index (χ1n) is 7.35. The average molecular weight is 293 g/mol. The van der Waals surface area contributed by atoms with Crippen molar-refractivity contribution in [3.05, 3.63) is 17.5 Å². The summed E-state index contributed by atoms with van der Waals surface area (Å²) < 4.78 is 0. The summed E-state index contributed by atoms with van der Waals surface area (Å²) in [6.07, 6.45) is 6.49. The minimum Gasteiger partial charge on any atom is -0.355 e. The van der Waals surface area contributed by atoms with Gasteiger partial charge < -0.3 is 5.32 Å². The van der Waals surface area contributed by atoms with Gasteiger partial charge in [-0.25, -0.2) is 9.97 Å². The molecule has 0 aromatic carbocycles. The van der Waals surface area contributed by atoms with E-state index in [1.165, 1.54) is 43.9 Å². The zero-order valence-electron chi connectivity index (χ0n) is 12.3. The summed E-state index contributed by atoms with van der Waals surface area (Å²) in [5.74, 6) is 1.16. The second-order valence-electron chi connectivity index (χ2n) is 5.53. The van der Waals surface area contributed by atoms with E-state index in [4.69, 9.17) is 0 Å². The number of carbonyl (C=O) groups excluding carboxylic acids is 1. The fourth-order valence-corrected chi connectivity index (χ4v) is 3.37. The van der Waals surface area contributed by atoms with E-state index in [2.05, 4.69) is 15.3 Å². The van der Waals surface area contributed by atoms with Crippen molar-refractivity contribution in [1.82, 2.24) is 15.3 Å². The fraction of sp³-hybridized carbons (Fsp3) is 0.667. The van der Waals surface area contributed by atoms with Gasteiger partial charge in [0.1, 0.15) is 0 Å². The predicted octanol–water partition coefficient (Wildman–Crippen LogP) is 2.88. The number of amides is 1. The highest BCUT2D eigenvalue weighted by Gasteiger charge is 2.14. The molecule has 0 spiro atoms. The topological polar surface area (TPSA) is 54.9 Å². The number of nitrogens with one attached hydrogen (secondary N) is 1. The Hall–Kier alpha value is -1.10. The maximum absolute atomic E-state index is 11.8. The summed E-state index contributed by atoms with van der Waals surface area (Å²) in [4.78, 5) is 20.5. The van der Waals surface area contributed by atoms with Crippen LogP contribution in [0.15, 0.2) is 11.2 Å². The van der Waals surface area contributed by atoms with Gasteiger partial charge in [0.2, 0.25) is 5.91 Å². The summed E-state index contributed by atoms with van der Waals surface area (Å²) in [5.41, 5.74) is 1.89. The smallest absolute Gasteiger partial charge is 0.230 e. The van der Waals surface area contributed by atoms with Crippen LogP contribution >= 0.6 is 11.8 Å². The molecule has 1 aromatic heterocycles. The quantitative estimate of drug-likeness (QED) is 0.670. The first-order chi connectivity index (χ1) is 9.63. The molecule has 1 saturated carbocycles. The van der Waals surface area contributed by atoms with Crippen LogP contribution in [0, 0.1) is 19.8 Å². The minimum absolute atomic E-state index is 0.0864. The Balaban J connectivity index is 1.71. The molecule has 0 atom stereocenters. The van der Waals surface area contributed by atoms with Gasteiger partial charge in [0, 0.05) is 17.9 Å². The number of nitrogens with zero attached hydrogens (tertiary/aromatic N) is 2. The first-order valence-corrected chi connectivity index (χ1v) is 8.34. The molecule has 1 aromatic rings. The molecule has 1 aliphatic carbocycles. The molecule has 2 rings (SSSR count). The maximum atomic E-state index is 11.8. The van der Waals surface area contributed by atoms with Crippen molar-refractivity contribution in [2.24, 2.45) is 5.92 Å². The fourth-order valence-electron chi connectivity index (χ4n) is 2.59. The Morgan fingerprint density at radius 1 is 1.25 bits per heavy atom. The highest BCUT2D eigenvalue weighted by Crippen LogP contribution is 2.22. The molecular weight excluding hydrogens is 270 g/mol. The minimum atomic E-state index is 0.0864. The van der Waals surface area contributed by atoms with Gasteiger partial charge in [-0.05, 0) is 38.7 Å². The third kappa shape index (κ3) is 5.12. The molecular formula is C15H23N3OS. The number of carbonyl (C=O) groups is 1. The van der Waals surface area contributed by atoms with Crippen molar-refractivity contribution in [3.63, 3.8) is 0 Å². The van der Waals surface area contributed by atoms with Crippen molar-refractivity contribution < 1.29 is 4.79 Å². The molecule has 0 unspecified atom stereocenters. The summed E-state index contributed by atoms with van der Waals surface area (Å²) in [7, 11) is 0. The number of hydrogen-bond acceptors (Lipinski definition) is 4. The van der Waals surface area contributed by atoms with E-state index < -0.39 is 0 Å². The highest BCUT2D eigenvalue weighted by molar-refractivity contribution is 7.99. The average Bonchev–Trinajstić information content (AvgIpc) is 2.43. The van der Waals surface area contributed by atoms with Crippen LogP contribution in [0.4, 0.5) is 0 Å². The summed E-state index contributed by atoms with van der Waals surface area (Å²) >= 11 is 1.41. The van der Waals surface area contributed by atoms with Gasteiger partial charge in [-0.3, -0.25) is 4.79 Å². The van der Waals surface area contributed by atoms with Crippen LogP contribution in [0.1, 0.15) is 43.5 Å². The lowest BCUT2D eigenvalue weighted by atomic mass is 9.89. The van der Waals surface area contributed by atoms with Crippen LogP contribution in [0.5, 0.6) is 0 Å². The largest absolute Gasteiger partial charge is 0.355 e. The number of hydrogen-bond donors (Lipinski definition) is 1. The molecule has 0 radical (unpaired) electrons. The van der Waals surface area contributed by atoms with Crippen molar-refractivity contribution in [2.45, 2.75) is 51.1 Å². The van der Waals surface area contributed by atoms with Crippen molar-refractivity contribution in [2.75, 3.05) is 12.3 Å². The lowest BCUT2D eigenvalue weighted by Crippen LogP contribution is -2.31. The second kappa shape index (κ2) is 7.62. The molecule has 1 amide bonds. The summed E-state index contributed by atoms with van der Waals surface area (Å²) in [6, 6.07) is 1.94. The number of rotatable bonds is 5. The van der Waals surface area contributed by atoms with E-state index >= 15 is 0 Å². The normalized spacial score (nSPS) is 16.1. The van der Waals surface area contributed by atoms with E-state index in [1.54, 1.807) is 0 Å². The van der Waals surface area contributed by atoms with Crippen LogP contribution in [-0.2, 0) is 4.79 Å². The summed E-state index contributed by atoms with van der Waals surface area (Å²) in [6.45, 7) is 4.72. The monoisotopic (exact) mass is 293 g/mol. The van der Waals surface area contributed by atoms with E-state index in [1.807, 2.05) is 19.9 Å². The van der Waals surface area contributed by atoms with E-state index in [-0.39, 0.29) is 5.91 Å². The second-order valence-corrected chi connectivity index (χ2v) is 6.47. The van der Waals surface area contributed by atoms with Gasteiger partial charge in [0.15, 0.2) is 5.16 Å². The molecule has 0 saturated heterocycles. The molecule has 20 heavy (non-hydrogen) atoms. The van der Waals surface area contributed by atoms with Gasteiger partial charge in [-0.2, -0.15) is 0 Å². The zero-order valence-corrected chi connectivity index (χ0v) is 13.1. The van der Waals surface area contributed by atoms with Gasteiger partial charge in [0.05, 0.1) is 5.75 Å². The van der Waals surface area contributed by atoms with Crippen LogP contribution < -0.4 is 5.32 Å². The molecule has 1 heterocycles. The number of thioether (sulfide) groups is 1. The Kier molecular flexibility index (Phi) is 5.83. The van der Waals surface area contributed by atoms with E-state index in [9.17, 15) is 4.79 Å². The molecule has 0 bridgehead atoms. The van der Waals surface area contributed by atoms with Gasteiger partial charge in [0.25, 0.3) is 0 Å². The van der Waals surface area contributed by atoms with Crippen molar-refractivity contribution in [3.8, 4) is 0 Å². The molecule has 0 aliphatic heterocycles. The van der Waals surface area contributed by atoms with Crippen LogP contribution in [0.2, 0.25) is 0 Å². The Bertz CT molecular complexity index is 438. The van der Waals surface area contributed by atoms with Gasteiger partial charge in [-0.15, -0.1) is 0 Å². The number of aromatic nitrogens is 2. The third-order valence-electron chi connectivity index (χ3n) is 3.61. The van der Waals surface area contributed by atoms with Crippen molar-refractivity contribution >= 4 is 17.7 Å². The highest BCUT2D eigenvalue weighted by atomic mass is 32.2. The standard InChI is InChI=1S/C15H23N3OS/c1-11-8-12(2)18-15(17-11)20-10-14(19)16-9-13-6-4-3-5-7-13/h8,13H,3-7,9-10H2,1-2H3,(H,16,19). The van der Waals surface area contributed by atoms with E-state index in [0.29, 0.717) is 16.8 Å². The molecule has 1 aliphatic rings. The lowest BCUT2D eigenvalue weighted by molar-refractivity contribution is -0.118. The zero-order chi connectivity index (χ0) is 14.4. The first kappa shape index (κ1) is 15.3. The molecule has 1 N–H and O–H groups in total. The predicted molar refractivity (Wildman–Crippen MR) is 81.8 cm³/mol. The summed E-state index contributed by atoms with van der Waals surface area (Å²) in [5, 5.41) is 3.73. The van der Waals surface area contributed by atoms with Gasteiger partial charge in [-0.1, -0.05) is 31.0 Å². The van der Waals surface area contributed by atoms with Crippen molar-refractivity contribution in [1.29, 1.82) is 0 Å². The molecule has 1 fully saturated rings. The Morgan fingerprint density at radius 2 is 1.90 bits per heavy atom. The SMILES string of the molecule is Cc1cc(C)nc(SCC(=O)NCC2CCCCC2)n1. The Morgan fingerprint density at radius 3 is 2.55 bits per heavy atom. The Labute approximate surface area is 125 Å². The molecule has 4 nitrogen and oxygen atoms in total. The maximum Gasteiger partial charge on any atom is 0.230 e. The van der Waals surface area contributed by atoms with Crippen LogP contribution in [-0.4, -0.2) is 28.2 Å². The van der Waals surface area contributed by atoms with Crippen LogP contribution in [0.3, 0.4) is 0 Å². The molecule has 5 heteroatoms. The lowest BCUT2D eigenvalue weighted by Gasteiger charge is -2.21. The van der Waals surface area contributed by atoms with E-state index in [0.717, 1.165) is 17.9 Å². The number of aryl methyl sites for hydroxylation is 2. The third-order valence-corrected chi connectivity index (χ3v) is 4.45. The molecule has 110 valence electrons.